The van der Waals surface area contributed by atoms with Crippen LogP contribution in [0.2, 0.25) is 18.6 Å². The highest BCUT2D eigenvalue weighted by molar-refractivity contribution is 6.91. The number of fused-ring (bicyclic) bond motifs is 2. The summed E-state index contributed by atoms with van der Waals surface area (Å²) >= 11 is 0. The normalized spacial score (nSPS) is 22.7. The largest absolute Gasteiger partial charge is 0.497 e. The molecule has 1 saturated heterocycles. The predicted octanol–water partition coefficient (Wildman–Crippen LogP) is 6.20. The third-order valence-corrected chi connectivity index (χ3v) is 16.3. The summed E-state index contributed by atoms with van der Waals surface area (Å²) in [6, 6.07) is 33.6. The van der Waals surface area contributed by atoms with Crippen LogP contribution >= 0.6 is 0 Å². The average molecular weight is 755 g/mol. The van der Waals surface area contributed by atoms with Crippen LogP contribution in [0.15, 0.2) is 114 Å². The molecule has 282 valence electrons. The Balaban J connectivity index is 1.15. The van der Waals surface area contributed by atoms with E-state index in [4.69, 9.17) is 14.6 Å². The van der Waals surface area contributed by atoms with Crippen LogP contribution < -0.4 is 20.2 Å². The Bertz CT molecular complexity index is 2230. The SMILES string of the molecule is COc1ccc([Si](C)(C)[C@@H]2[C@@H](CCn3cc(C(CO)c4ccccc4)nn3)O[C@]3(C(=O)Nc4ccc(N5N=C(c6ccccc6)CCC5=O)cc43)[C@H]2C)cc1. The Morgan fingerprint density at radius 3 is 2.42 bits per heavy atom. The van der Waals surface area contributed by atoms with Crippen LogP contribution in [-0.2, 0) is 26.5 Å². The van der Waals surface area contributed by atoms with Crippen molar-refractivity contribution in [2.45, 2.75) is 69.0 Å². The van der Waals surface area contributed by atoms with Gasteiger partial charge in [-0.15, -0.1) is 5.10 Å². The average Bonchev–Trinajstić information content (AvgIpc) is 3.89. The van der Waals surface area contributed by atoms with Crippen molar-refractivity contribution in [2.75, 3.05) is 24.0 Å². The minimum absolute atomic E-state index is 0.0121. The number of aryl methyl sites for hydroxylation is 1. The lowest BCUT2D eigenvalue weighted by Crippen LogP contribution is -2.51. The molecular formula is C43H46N6O5Si. The number of aliphatic hydroxyl groups excluding tert-OH is 1. The summed E-state index contributed by atoms with van der Waals surface area (Å²) in [4.78, 5) is 27.8. The zero-order valence-electron chi connectivity index (χ0n) is 31.6. The summed E-state index contributed by atoms with van der Waals surface area (Å²) in [7, 11) is -0.717. The third-order valence-electron chi connectivity index (χ3n) is 11.9. The van der Waals surface area contributed by atoms with Gasteiger partial charge in [0.1, 0.15) is 5.75 Å². The monoisotopic (exact) mass is 754 g/mol. The van der Waals surface area contributed by atoms with E-state index in [-0.39, 0.29) is 41.9 Å². The van der Waals surface area contributed by atoms with Crippen LogP contribution in [0.1, 0.15) is 54.5 Å². The molecule has 8 rings (SSSR count). The van der Waals surface area contributed by atoms with Crippen molar-refractivity contribution in [3.63, 3.8) is 0 Å². The van der Waals surface area contributed by atoms with Crippen molar-refractivity contribution in [3.05, 3.63) is 132 Å². The molecule has 3 aliphatic rings. The Kier molecular flexibility index (Phi) is 9.74. The molecule has 0 bridgehead atoms. The van der Waals surface area contributed by atoms with Crippen LogP contribution in [0.4, 0.5) is 11.4 Å². The quantitative estimate of drug-likeness (QED) is 0.154. The molecule has 11 nitrogen and oxygen atoms in total. The Hall–Kier alpha value is -5.43. The molecule has 0 saturated carbocycles. The van der Waals surface area contributed by atoms with Crippen molar-refractivity contribution in [1.82, 2.24) is 15.0 Å². The number of methoxy groups -OCH3 is 1. The number of aromatic nitrogens is 3. The fourth-order valence-corrected chi connectivity index (χ4v) is 13.1. The number of nitrogens with one attached hydrogen (secondary N) is 1. The predicted molar refractivity (Wildman–Crippen MR) is 214 cm³/mol. The molecule has 0 radical (unpaired) electrons. The van der Waals surface area contributed by atoms with Gasteiger partial charge in [-0.2, -0.15) is 5.10 Å². The number of benzene rings is 4. The zero-order valence-corrected chi connectivity index (χ0v) is 32.6. The summed E-state index contributed by atoms with van der Waals surface area (Å²) in [5.74, 6) is -0.0189. The maximum absolute atomic E-state index is 14.4. The number of hydrogen-bond donors (Lipinski definition) is 2. The Labute approximate surface area is 322 Å². The lowest BCUT2D eigenvalue weighted by molar-refractivity contribution is -0.143. The zero-order chi connectivity index (χ0) is 38.3. The molecule has 1 fully saturated rings. The number of rotatable bonds is 11. The van der Waals surface area contributed by atoms with Crippen LogP contribution in [0.5, 0.6) is 5.75 Å². The number of hydrazone groups is 1. The van der Waals surface area contributed by atoms with Crippen LogP contribution in [0, 0.1) is 5.92 Å². The van der Waals surface area contributed by atoms with Crippen LogP contribution in [0.25, 0.3) is 0 Å². The second kappa shape index (κ2) is 14.7. The van der Waals surface area contributed by atoms with Gasteiger partial charge in [-0.1, -0.05) is 103 Å². The molecule has 5 atom stereocenters. The summed E-state index contributed by atoms with van der Waals surface area (Å²) in [5.41, 5.74) is 4.21. The first kappa shape index (κ1) is 36.5. The minimum atomic E-state index is -2.38. The van der Waals surface area contributed by atoms with E-state index in [0.29, 0.717) is 42.9 Å². The first-order chi connectivity index (χ1) is 26.6. The van der Waals surface area contributed by atoms with Crippen molar-refractivity contribution in [1.29, 1.82) is 0 Å². The standard InChI is InChI=1S/C43H46N6O5Si/c1-28-41(55(3,4)33-18-16-32(53-2)17-19-33)39(23-24-48-26-38(45-47-48)34(27-50)29-11-7-5-8-12-29)54-43(28)35-25-31(15-20-37(35)44-42(43)52)49-40(51)22-21-36(46-49)30-13-9-6-10-14-30/h5-20,25-26,28,34,39,41,50H,21-24,27H2,1-4H3,(H,44,52)/t28-,34?,39+,41-,43+/m0/s1. The molecule has 4 heterocycles. The summed E-state index contributed by atoms with van der Waals surface area (Å²) in [6.45, 7) is 7.25. The first-order valence-corrected chi connectivity index (χ1v) is 22.0. The second-order valence-electron chi connectivity index (χ2n) is 15.3. The van der Waals surface area contributed by atoms with Gasteiger partial charge in [0.25, 0.3) is 5.91 Å². The number of nitrogens with zero attached hydrogens (tertiary/aromatic N) is 5. The van der Waals surface area contributed by atoms with Gasteiger partial charge in [0.15, 0.2) is 5.60 Å². The maximum Gasteiger partial charge on any atom is 0.261 e. The molecule has 1 unspecified atom stereocenters. The van der Waals surface area contributed by atoms with Gasteiger partial charge in [-0.3, -0.25) is 14.3 Å². The van der Waals surface area contributed by atoms with Crippen molar-refractivity contribution < 1.29 is 24.2 Å². The number of aliphatic hydroxyl groups is 1. The fraction of sp³-hybridized carbons (Fsp3) is 0.326. The van der Waals surface area contributed by atoms with Crippen molar-refractivity contribution in [3.8, 4) is 5.75 Å². The van der Waals surface area contributed by atoms with E-state index in [1.54, 1.807) is 7.11 Å². The van der Waals surface area contributed by atoms with E-state index in [0.717, 1.165) is 28.2 Å². The van der Waals surface area contributed by atoms with Crippen LogP contribution in [-0.4, -0.2) is 65.5 Å². The molecule has 2 N–H and O–H groups in total. The van der Waals surface area contributed by atoms with Gasteiger partial charge in [0.05, 0.1) is 50.9 Å². The van der Waals surface area contributed by atoms with E-state index in [1.807, 2.05) is 102 Å². The molecule has 5 aromatic rings. The van der Waals surface area contributed by atoms with E-state index >= 15 is 0 Å². The van der Waals surface area contributed by atoms with Gasteiger partial charge >= 0.3 is 0 Å². The molecule has 2 amide bonds. The Morgan fingerprint density at radius 2 is 1.71 bits per heavy atom. The highest BCUT2D eigenvalue weighted by Crippen LogP contribution is 2.59. The summed E-state index contributed by atoms with van der Waals surface area (Å²) in [6.07, 6.45) is 3.06. The van der Waals surface area contributed by atoms with Crippen molar-refractivity contribution >= 4 is 42.2 Å². The molecule has 12 heteroatoms. The van der Waals surface area contributed by atoms with Gasteiger partial charge < -0.3 is 19.9 Å². The molecule has 1 aromatic heterocycles. The number of carbonyl (C=O) groups is 2. The summed E-state index contributed by atoms with van der Waals surface area (Å²) < 4.78 is 14.5. The molecule has 4 aromatic carbocycles. The van der Waals surface area contributed by atoms with E-state index in [2.05, 4.69) is 47.8 Å². The molecule has 3 aliphatic heterocycles. The highest BCUT2D eigenvalue weighted by atomic mass is 28.3. The molecule has 0 aliphatic carbocycles. The van der Waals surface area contributed by atoms with Crippen LogP contribution in [0.3, 0.4) is 0 Å². The number of anilines is 2. The number of amides is 2. The van der Waals surface area contributed by atoms with Gasteiger partial charge in [-0.25, -0.2) is 5.01 Å². The number of hydrogen-bond acceptors (Lipinski definition) is 8. The lowest BCUT2D eigenvalue weighted by atomic mass is 9.82. The van der Waals surface area contributed by atoms with Gasteiger partial charge in [0, 0.05) is 42.8 Å². The topological polar surface area (TPSA) is 131 Å². The van der Waals surface area contributed by atoms with Gasteiger partial charge in [-0.05, 0) is 53.4 Å². The fourth-order valence-electron chi connectivity index (χ4n) is 9.01. The van der Waals surface area contributed by atoms with Gasteiger partial charge in [0.2, 0.25) is 5.91 Å². The molecule has 1 spiro atoms. The summed E-state index contributed by atoms with van der Waals surface area (Å²) in [5, 5.41) is 29.9. The smallest absolute Gasteiger partial charge is 0.261 e. The number of carbonyl (C=O) groups excluding carboxylic acids is 2. The third kappa shape index (κ3) is 6.47. The maximum atomic E-state index is 14.4. The lowest BCUT2D eigenvalue weighted by Gasteiger charge is -2.37. The Morgan fingerprint density at radius 1 is 0.982 bits per heavy atom. The second-order valence-corrected chi connectivity index (χ2v) is 20.0. The highest BCUT2D eigenvalue weighted by Gasteiger charge is 2.64. The van der Waals surface area contributed by atoms with Crippen molar-refractivity contribution in [2.24, 2.45) is 11.0 Å². The van der Waals surface area contributed by atoms with E-state index in [1.165, 1.54) is 10.2 Å². The van der Waals surface area contributed by atoms with E-state index < -0.39 is 13.7 Å². The van der Waals surface area contributed by atoms with E-state index in [9.17, 15) is 14.7 Å². The first-order valence-electron chi connectivity index (χ1n) is 18.9. The molecular weight excluding hydrogens is 709 g/mol. The molecule has 55 heavy (non-hydrogen) atoms. The number of ether oxygens (including phenoxy) is 2. The minimum Gasteiger partial charge on any atom is -0.497 e.